The van der Waals surface area contributed by atoms with E-state index in [1.165, 1.54) is 0 Å². The Morgan fingerprint density at radius 3 is 1.92 bits per heavy atom. The molecule has 0 aliphatic carbocycles. The van der Waals surface area contributed by atoms with Crippen LogP contribution in [0.2, 0.25) is 0 Å². The van der Waals surface area contributed by atoms with Crippen LogP contribution in [0.5, 0.6) is 0 Å². The Kier molecular flexibility index (Phi) is 6.92. The summed E-state index contributed by atoms with van der Waals surface area (Å²) in [5.41, 5.74) is 2.21. The van der Waals surface area contributed by atoms with Crippen LogP contribution in [0.15, 0.2) is 55.1 Å². The number of benzene rings is 2. The van der Waals surface area contributed by atoms with Crippen molar-refractivity contribution in [1.29, 1.82) is 0 Å². The minimum atomic E-state index is -3.10. The fourth-order valence-corrected chi connectivity index (χ4v) is 6.62. The molecule has 140 valence electrons. The van der Waals surface area contributed by atoms with E-state index in [1.54, 1.807) is 11.8 Å². The van der Waals surface area contributed by atoms with Crippen molar-refractivity contribution in [3.8, 4) is 0 Å². The largest absolute Gasteiger partial charge is 0.339 e. The number of rotatable bonds is 7. The van der Waals surface area contributed by atoms with E-state index >= 15 is 0 Å². The van der Waals surface area contributed by atoms with E-state index < -0.39 is 7.60 Å². The molecule has 0 aromatic heterocycles. The third-order valence-electron chi connectivity index (χ3n) is 3.89. The molecule has 0 radical (unpaired) electrons. The summed E-state index contributed by atoms with van der Waals surface area (Å²) in [6, 6.07) is 12.5. The monoisotopic (exact) mass is 519 g/mol. The van der Waals surface area contributed by atoms with Gasteiger partial charge in [0.25, 0.3) is 0 Å². The molecule has 1 aliphatic heterocycles. The van der Waals surface area contributed by atoms with Crippen LogP contribution in [0.3, 0.4) is 0 Å². The lowest BCUT2D eigenvalue weighted by Gasteiger charge is -2.33. The first-order valence-corrected chi connectivity index (χ1v) is 12.5. The number of halogens is 2. The first-order valence-electron chi connectivity index (χ1n) is 8.38. The van der Waals surface area contributed by atoms with Crippen molar-refractivity contribution in [2.24, 2.45) is 0 Å². The van der Waals surface area contributed by atoms with Gasteiger partial charge in [-0.2, -0.15) is 0 Å². The molecule has 2 aromatic carbocycles. The highest BCUT2D eigenvalue weighted by atomic mass is 79.9. The second kappa shape index (κ2) is 8.80. The second-order valence-corrected chi connectivity index (χ2v) is 10.7. The van der Waals surface area contributed by atoms with E-state index in [2.05, 4.69) is 61.0 Å². The van der Waals surface area contributed by atoms with Crippen LogP contribution in [0.4, 0.5) is 11.4 Å². The zero-order chi connectivity index (χ0) is 18.7. The Hall–Kier alpha value is -0.300. The van der Waals surface area contributed by atoms with Crippen LogP contribution >= 0.6 is 51.2 Å². The fourth-order valence-electron chi connectivity index (χ4n) is 2.86. The van der Waals surface area contributed by atoms with Crippen molar-refractivity contribution in [2.75, 3.05) is 30.8 Å². The molecule has 0 bridgehead atoms. The molecule has 1 heterocycles. The van der Waals surface area contributed by atoms with E-state index in [4.69, 9.17) is 9.05 Å². The predicted molar refractivity (Wildman–Crippen MR) is 115 cm³/mol. The van der Waals surface area contributed by atoms with Crippen molar-refractivity contribution in [1.82, 2.24) is 0 Å². The molecule has 0 fully saturated rings. The lowest BCUT2D eigenvalue weighted by molar-refractivity contribution is 0.220. The highest BCUT2D eigenvalue weighted by Gasteiger charge is 2.29. The van der Waals surface area contributed by atoms with E-state index in [-0.39, 0.29) is 0 Å². The van der Waals surface area contributed by atoms with Gasteiger partial charge in [0.05, 0.1) is 30.8 Å². The average Bonchev–Trinajstić information content (AvgIpc) is 2.58. The molecule has 0 amide bonds. The quantitative estimate of drug-likeness (QED) is 0.365. The molecule has 0 N–H and O–H groups in total. The smallest absolute Gasteiger partial charge is 0.332 e. The van der Waals surface area contributed by atoms with Gasteiger partial charge in [-0.15, -0.1) is 0 Å². The van der Waals surface area contributed by atoms with Crippen LogP contribution < -0.4 is 4.90 Å². The Morgan fingerprint density at radius 2 is 1.46 bits per heavy atom. The number of hydrogen-bond acceptors (Lipinski definition) is 5. The van der Waals surface area contributed by atoms with E-state index in [9.17, 15) is 4.57 Å². The van der Waals surface area contributed by atoms with Crippen molar-refractivity contribution >= 4 is 62.6 Å². The highest BCUT2D eigenvalue weighted by molar-refractivity contribution is 9.10. The van der Waals surface area contributed by atoms with Crippen LogP contribution in [0.25, 0.3) is 0 Å². The highest BCUT2D eigenvalue weighted by Crippen LogP contribution is 2.52. The zero-order valence-corrected chi connectivity index (χ0v) is 19.5. The Balaban J connectivity index is 1.94. The molecule has 0 saturated carbocycles. The van der Waals surface area contributed by atoms with Crippen molar-refractivity contribution in [3.05, 3.63) is 45.3 Å². The predicted octanol–water partition coefficient (Wildman–Crippen LogP) is 7.08. The standard InChI is InChI=1S/C18H20Br2NO3PS/c1-3-23-25(22,24-4-2)10-9-21-15-7-5-13(19)11-17(15)26-18-12-14(20)6-8-16(18)21/h5-8,11-12H,3-4,9-10H2,1-2H3. The van der Waals surface area contributed by atoms with Gasteiger partial charge in [0, 0.05) is 25.3 Å². The zero-order valence-electron chi connectivity index (χ0n) is 14.6. The molecule has 26 heavy (non-hydrogen) atoms. The van der Waals surface area contributed by atoms with Gasteiger partial charge in [-0.1, -0.05) is 43.6 Å². The maximum absolute atomic E-state index is 12.9. The molecule has 4 nitrogen and oxygen atoms in total. The summed E-state index contributed by atoms with van der Waals surface area (Å²) in [6.07, 6.45) is 0.338. The van der Waals surface area contributed by atoms with Crippen LogP contribution in [0, 0.1) is 0 Å². The lowest BCUT2D eigenvalue weighted by atomic mass is 10.2. The molecule has 1 aliphatic rings. The van der Waals surface area contributed by atoms with Gasteiger partial charge in [-0.3, -0.25) is 4.57 Å². The summed E-state index contributed by atoms with van der Waals surface area (Å²) in [4.78, 5) is 4.52. The van der Waals surface area contributed by atoms with E-state index in [1.807, 2.05) is 26.0 Å². The number of fused-ring (bicyclic) bond motifs is 2. The number of anilines is 2. The summed E-state index contributed by atoms with van der Waals surface area (Å²) in [5, 5.41) is 0. The van der Waals surface area contributed by atoms with Gasteiger partial charge in [0.2, 0.25) is 0 Å². The summed E-state index contributed by atoms with van der Waals surface area (Å²) >= 11 is 8.84. The Morgan fingerprint density at radius 1 is 0.962 bits per heavy atom. The molecule has 2 aromatic rings. The minimum absolute atomic E-state index is 0.338. The van der Waals surface area contributed by atoms with E-state index in [0.29, 0.717) is 25.9 Å². The third kappa shape index (κ3) is 4.57. The first-order chi connectivity index (χ1) is 12.5. The summed E-state index contributed by atoms with van der Waals surface area (Å²) in [7, 11) is -3.10. The van der Waals surface area contributed by atoms with Gasteiger partial charge in [0.1, 0.15) is 0 Å². The van der Waals surface area contributed by atoms with Crippen molar-refractivity contribution < 1.29 is 13.6 Å². The molecule has 8 heteroatoms. The lowest BCUT2D eigenvalue weighted by Crippen LogP contribution is -2.25. The third-order valence-corrected chi connectivity index (χ3v) is 8.03. The van der Waals surface area contributed by atoms with Crippen LogP contribution in [-0.4, -0.2) is 25.9 Å². The van der Waals surface area contributed by atoms with Gasteiger partial charge in [0.15, 0.2) is 0 Å². The van der Waals surface area contributed by atoms with Gasteiger partial charge >= 0.3 is 7.60 Å². The van der Waals surface area contributed by atoms with Crippen LogP contribution in [0.1, 0.15) is 13.8 Å². The van der Waals surface area contributed by atoms with Gasteiger partial charge in [-0.25, -0.2) is 0 Å². The maximum Gasteiger partial charge on any atom is 0.332 e. The summed E-state index contributed by atoms with van der Waals surface area (Å²) in [6.45, 7) is 4.98. The van der Waals surface area contributed by atoms with Crippen molar-refractivity contribution in [3.63, 3.8) is 0 Å². The Bertz CT molecular complexity index is 788. The molecule has 0 unspecified atom stereocenters. The van der Waals surface area contributed by atoms with Crippen LogP contribution in [-0.2, 0) is 13.6 Å². The normalized spacial score (nSPS) is 13.5. The van der Waals surface area contributed by atoms with E-state index in [0.717, 1.165) is 30.1 Å². The SMILES string of the molecule is CCOP(=O)(CCN1c2ccc(Br)cc2Sc2cc(Br)ccc21)OCC. The molecule has 0 atom stereocenters. The summed E-state index contributed by atoms with van der Waals surface area (Å²) < 4.78 is 25.9. The van der Waals surface area contributed by atoms with Gasteiger partial charge in [-0.05, 0) is 50.2 Å². The van der Waals surface area contributed by atoms with Crippen molar-refractivity contribution in [2.45, 2.75) is 23.6 Å². The number of nitrogens with zero attached hydrogens (tertiary/aromatic N) is 1. The average molecular weight is 521 g/mol. The molecular formula is C18H20Br2NO3PS. The molecule has 3 rings (SSSR count). The first kappa shape index (κ1) is 20.4. The minimum Gasteiger partial charge on any atom is -0.339 e. The topological polar surface area (TPSA) is 38.8 Å². The second-order valence-electron chi connectivity index (χ2n) is 5.65. The maximum atomic E-state index is 12.9. The van der Waals surface area contributed by atoms with Gasteiger partial charge < -0.3 is 13.9 Å². The fraction of sp³-hybridized carbons (Fsp3) is 0.333. The molecule has 0 spiro atoms. The molecule has 0 saturated heterocycles. The Labute approximate surface area is 175 Å². The number of hydrogen-bond donors (Lipinski definition) is 0. The molecular weight excluding hydrogens is 501 g/mol. The summed E-state index contributed by atoms with van der Waals surface area (Å²) in [5.74, 6) is 0.